The number of hydrogen-bond acceptors (Lipinski definition) is 4. The van der Waals surface area contributed by atoms with Crippen LogP contribution in [0.5, 0.6) is 0 Å². The lowest BCUT2D eigenvalue weighted by atomic mass is 9.81. The Labute approximate surface area is 155 Å². The van der Waals surface area contributed by atoms with Gasteiger partial charge in [-0.2, -0.15) is 0 Å². The Bertz CT molecular complexity index is 649. The smallest absolute Gasteiger partial charge is 0.123 e. The highest BCUT2D eigenvalue weighted by molar-refractivity contribution is 5.35. The van der Waals surface area contributed by atoms with E-state index in [2.05, 4.69) is 10.2 Å². The Kier molecular flexibility index (Phi) is 4.52. The zero-order valence-electron chi connectivity index (χ0n) is 15.4. The van der Waals surface area contributed by atoms with Gasteiger partial charge in [0.2, 0.25) is 0 Å². The van der Waals surface area contributed by atoms with Gasteiger partial charge in [-0.15, -0.1) is 0 Å². The molecular formula is C21H29FN2O2. The van der Waals surface area contributed by atoms with Crippen LogP contribution in [0.25, 0.3) is 0 Å². The van der Waals surface area contributed by atoms with Crippen LogP contribution in [0.4, 0.5) is 4.39 Å². The molecule has 4 nitrogen and oxygen atoms in total. The first kappa shape index (κ1) is 17.1. The molecule has 5 rings (SSSR count). The minimum Gasteiger partial charge on any atom is -0.381 e. The van der Waals surface area contributed by atoms with Crippen molar-refractivity contribution in [2.45, 2.75) is 49.2 Å². The molecule has 1 spiro atoms. The molecule has 2 atom stereocenters. The van der Waals surface area contributed by atoms with E-state index in [1.807, 2.05) is 6.07 Å². The number of benzene rings is 1. The molecule has 4 saturated heterocycles. The van der Waals surface area contributed by atoms with E-state index in [1.165, 1.54) is 11.1 Å². The summed E-state index contributed by atoms with van der Waals surface area (Å²) in [7, 11) is 0. The normalized spacial score (nSPS) is 32.2. The second-order valence-electron chi connectivity index (χ2n) is 8.60. The highest BCUT2D eigenvalue weighted by atomic mass is 19.1. The third-order valence-corrected chi connectivity index (χ3v) is 6.99. The largest absolute Gasteiger partial charge is 0.381 e. The number of nitrogens with zero attached hydrogens (tertiary/aromatic N) is 1. The van der Waals surface area contributed by atoms with Gasteiger partial charge in [0.15, 0.2) is 0 Å². The molecule has 0 bridgehead atoms. The minimum atomic E-state index is -0.103. The van der Waals surface area contributed by atoms with Crippen LogP contribution in [0.2, 0.25) is 0 Å². The summed E-state index contributed by atoms with van der Waals surface area (Å²) < 4.78 is 25.6. The first-order valence-corrected chi connectivity index (χ1v) is 10.2. The maximum absolute atomic E-state index is 14.0. The van der Waals surface area contributed by atoms with Gasteiger partial charge in [-0.3, -0.25) is 4.90 Å². The molecule has 0 aromatic heterocycles. The van der Waals surface area contributed by atoms with Crippen LogP contribution in [0, 0.1) is 5.82 Å². The van der Waals surface area contributed by atoms with E-state index in [4.69, 9.17) is 9.47 Å². The predicted octanol–water partition coefficient (Wildman–Crippen LogP) is 2.64. The van der Waals surface area contributed by atoms with E-state index in [9.17, 15) is 4.39 Å². The number of hydrogen-bond donors (Lipinski definition) is 1. The van der Waals surface area contributed by atoms with Gasteiger partial charge in [0.1, 0.15) is 5.82 Å². The monoisotopic (exact) mass is 360 g/mol. The molecule has 0 amide bonds. The first-order chi connectivity index (χ1) is 12.7. The van der Waals surface area contributed by atoms with E-state index in [-0.39, 0.29) is 11.4 Å². The number of likely N-dealkylation sites (tertiary alicyclic amines) is 1. The van der Waals surface area contributed by atoms with Crippen LogP contribution in [0.3, 0.4) is 0 Å². The maximum Gasteiger partial charge on any atom is 0.123 e. The Morgan fingerprint density at radius 3 is 2.54 bits per heavy atom. The van der Waals surface area contributed by atoms with E-state index in [0.717, 1.165) is 71.7 Å². The zero-order valence-corrected chi connectivity index (χ0v) is 15.4. The SMILES string of the molecule is Fc1ccc(C2CCOC2)c(C2CCN([C@@H]3COC4(CNC4)C3)CC2)c1. The highest BCUT2D eigenvalue weighted by Gasteiger charge is 2.47. The van der Waals surface area contributed by atoms with Crippen LogP contribution in [0.1, 0.15) is 48.6 Å². The molecule has 1 aromatic carbocycles. The molecule has 5 heteroatoms. The number of halogens is 1. The standard InChI is InChI=1S/C21H29FN2O2/c22-17-1-2-19(16-5-8-25-11-16)20(9-17)15-3-6-24(7-4-15)18-10-21(26-12-18)13-23-14-21/h1-2,9,15-16,18,23H,3-8,10-14H2/t16?,18-/m0/s1. The van der Waals surface area contributed by atoms with E-state index < -0.39 is 0 Å². The second kappa shape index (κ2) is 6.86. The van der Waals surface area contributed by atoms with Crippen molar-refractivity contribution in [2.75, 3.05) is 46.0 Å². The number of nitrogens with one attached hydrogen (secondary N) is 1. The molecule has 4 aliphatic rings. The van der Waals surface area contributed by atoms with Gasteiger partial charge in [0.25, 0.3) is 0 Å². The van der Waals surface area contributed by atoms with Gasteiger partial charge in [-0.25, -0.2) is 4.39 Å². The molecule has 4 heterocycles. The summed E-state index contributed by atoms with van der Waals surface area (Å²) in [6.07, 6.45) is 4.46. The summed E-state index contributed by atoms with van der Waals surface area (Å²) in [5.41, 5.74) is 2.69. The molecule has 4 fully saturated rings. The number of ether oxygens (including phenoxy) is 2. The van der Waals surface area contributed by atoms with Gasteiger partial charge in [0, 0.05) is 31.7 Å². The fourth-order valence-corrected chi connectivity index (χ4v) is 5.33. The molecule has 0 saturated carbocycles. The van der Waals surface area contributed by atoms with Crippen molar-refractivity contribution < 1.29 is 13.9 Å². The van der Waals surface area contributed by atoms with Crippen LogP contribution in [-0.2, 0) is 9.47 Å². The Morgan fingerprint density at radius 1 is 1.04 bits per heavy atom. The van der Waals surface area contributed by atoms with Gasteiger partial charge in [-0.05, 0) is 68.0 Å². The predicted molar refractivity (Wildman–Crippen MR) is 98.1 cm³/mol. The number of piperidine rings is 1. The summed E-state index contributed by atoms with van der Waals surface area (Å²) in [4.78, 5) is 2.61. The second-order valence-corrected chi connectivity index (χ2v) is 8.60. The third kappa shape index (κ3) is 3.09. The third-order valence-electron chi connectivity index (χ3n) is 6.99. The first-order valence-electron chi connectivity index (χ1n) is 10.2. The van der Waals surface area contributed by atoms with Crippen molar-refractivity contribution in [1.82, 2.24) is 10.2 Å². The van der Waals surface area contributed by atoms with E-state index in [0.29, 0.717) is 17.9 Å². The van der Waals surface area contributed by atoms with Gasteiger partial charge in [0.05, 0.1) is 18.8 Å². The Balaban J connectivity index is 1.26. The molecule has 0 aliphatic carbocycles. The fraction of sp³-hybridized carbons (Fsp3) is 0.714. The van der Waals surface area contributed by atoms with Crippen molar-refractivity contribution in [3.63, 3.8) is 0 Å². The molecule has 1 N–H and O–H groups in total. The topological polar surface area (TPSA) is 33.7 Å². The lowest BCUT2D eigenvalue weighted by Gasteiger charge is -2.40. The highest BCUT2D eigenvalue weighted by Crippen LogP contribution is 2.39. The summed E-state index contributed by atoms with van der Waals surface area (Å²) >= 11 is 0. The lowest BCUT2D eigenvalue weighted by molar-refractivity contribution is -0.0367. The van der Waals surface area contributed by atoms with E-state index >= 15 is 0 Å². The molecule has 26 heavy (non-hydrogen) atoms. The molecule has 1 aromatic rings. The molecule has 0 radical (unpaired) electrons. The zero-order chi connectivity index (χ0) is 17.6. The van der Waals surface area contributed by atoms with Crippen LogP contribution < -0.4 is 5.32 Å². The summed E-state index contributed by atoms with van der Waals surface area (Å²) in [5.74, 6) is 0.811. The molecule has 4 aliphatic heterocycles. The van der Waals surface area contributed by atoms with Crippen LogP contribution in [-0.4, -0.2) is 62.5 Å². The summed E-state index contributed by atoms with van der Waals surface area (Å²) in [5, 5.41) is 3.34. The average molecular weight is 360 g/mol. The maximum atomic E-state index is 14.0. The number of rotatable bonds is 3. The molecule has 142 valence electrons. The van der Waals surface area contributed by atoms with Crippen molar-refractivity contribution in [2.24, 2.45) is 0 Å². The van der Waals surface area contributed by atoms with E-state index in [1.54, 1.807) is 12.1 Å². The van der Waals surface area contributed by atoms with Gasteiger partial charge < -0.3 is 14.8 Å². The Morgan fingerprint density at radius 2 is 1.88 bits per heavy atom. The van der Waals surface area contributed by atoms with Crippen molar-refractivity contribution in [3.05, 3.63) is 35.1 Å². The Hall–Kier alpha value is -1.01. The molecular weight excluding hydrogens is 331 g/mol. The van der Waals surface area contributed by atoms with Gasteiger partial charge >= 0.3 is 0 Å². The summed E-state index contributed by atoms with van der Waals surface area (Å²) in [6.45, 7) is 6.70. The average Bonchev–Trinajstić information content (AvgIpc) is 3.31. The van der Waals surface area contributed by atoms with Crippen molar-refractivity contribution >= 4 is 0 Å². The fourth-order valence-electron chi connectivity index (χ4n) is 5.33. The lowest BCUT2D eigenvalue weighted by Crippen LogP contribution is -2.59. The van der Waals surface area contributed by atoms with Gasteiger partial charge in [-0.1, -0.05) is 6.07 Å². The van der Waals surface area contributed by atoms with Crippen molar-refractivity contribution in [1.29, 1.82) is 0 Å². The summed E-state index contributed by atoms with van der Waals surface area (Å²) in [6, 6.07) is 5.98. The van der Waals surface area contributed by atoms with Crippen molar-refractivity contribution in [3.8, 4) is 0 Å². The van der Waals surface area contributed by atoms with Crippen LogP contribution >= 0.6 is 0 Å². The van der Waals surface area contributed by atoms with Crippen LogP contribution in [0.15, 0.2) is 18.2 Å². The minimum absolute atomic E-state index is 0.103. The molecule has 1 unspecified atom stereocenters. The quantitative estimate of drug-likeness (QED) is 0.899.